The molecule has 1 fully saturated rings. The van der Waals surface area contributed by atoms with Crippen LogP contribution in [-0.2, 0) is 12.8 Å². The number of thiophene rings is 1. The molecule has 1 aliphatic heterocycles. The third-order valence-electron chi connectivity index (χ3n) is 4.53. The molecule has 1 saturated heterocycles. The summed E-state index contributed by atoms with van der Waals surface area (Å²) in [7, 11) is 0. The van der Waals surface area contributed by atoms with Crippen molar-refractivity contribution in [2.24, 2.45) is 5.73 Å². The number of carbonyl (C=O) groups excluding carboxylic acids is 1. The van der Waals surface area contributed by atoms with Crippen LogP contribution in [0.3, 0.4) is 0 Å². The summed E-state index contributed by atoms with van der Waals surface area (Å²) in [4.78, 5) is 17.0. The monoisotopic (exact) mass is 292 g/mol. The van der Waals surface area contributed by atoms with Gasteiger partial charge in [-0.3, -0.25) is 4.79 Å². The van der Waals surface area contributed by atoms with Gasteiger partial charge in [-0.25, -0.2) is 0 Å². The van der Waals surface area contributed by atoms with Crippen molar-refractivity contribution >= 4 is 17.2 Å². The average molecular weight is 292 g/mol. The van der Waals surface area contributed by atoms with Crippen LogP contribution >= 0.6 is 11.3 Å². The Morgan fingerprint density at radius 1 is 1.15 bits per heavy atom. The van der Waals surface area contributed by atoms with Crippen LogP contribution < -0.4 is 5.73 Å². The van der Waals surface area contributed by atoms with Crippen molar-refractivity contribution in [3.8, 4) is 0 Å². The van der Waals surface area contributed by atoms with Gasteiger partial charge in [0, 0.05) is 24.0 Å². The van der Waals surface area contributed by atoms with Crippen molar-refractivity contribution in [1.82, 2.24) is 4.90 Å². The smallest absolute Gasteiger partial charge is 0.263 e. The van der Waals surface area contributed by atoms with E-state index in [0.29, 0.717) is 0 Å². The quantitative estimate of drug-likeness (QED) is 0.865. The van der Waals surface area contributed by atoms with Gasteiger partial charge in [-0.05, 0) is 50.2 Å². The van der Waals surface area contributed by atoms with Crippen LogP contribution in [0.5, 0.6) is 0 Å². The lowest BCUT2D eigenvalue weighted by molar-refractivity contribution is 0.0719. The Balaban J connectivity index is 1.73. The number of hydrogen-bond acceptors (Lipinski definition) is 3. The molecule has 0 saturated carbocycles. The molecule has 20 heavy (non-hydrogen) atoms. The molecule has 2 aliphatic rings. The first-order valence-electron chi connectivity index (χ1n) is 7.90. The highest BCUT2D eigenvalue weighted by atomic mass is 32.1. The number of nitrogens with zero attached hydrogens (tertiary/aromatic N) is 1. The Morgan fingerprint density at radius 2 is 1.85 bits per heavy atom. The third-order valence-corrected chi connectivity index (χ3v) is 5.76. The number of amides is 1. The second-order valence-corrected chi connectivity index (χ2v) is 7.24. The Labute approximate surface area is 125 Å². The van der Waals surface area contributed by atoms with Gasteiger partial charge in [0.2, 0.25) is 0 Å². The van der Waals surface area contributed by atoms with Gasteiger partial charge in [0.05, 0.1) is 4.88 Å². The molecule has 0 atom stereocenters. The van der Waals surface area contributed by atoms with Crippen molar-refractivity contribution in [3.63, 3.8) is 0 Å². The van der Waals surface area contributed by atoms with E-state index in [-0.39, 0.29) is 11.9 Å². The standard InChI is InChI=1S/C16H24N2OS/c17-13-7-9-18(10-8-13)16(19)15-11-12-5-3-1-2-4-6-14(12)20-15/h11,13H,1-10,17H2. The van der Waals surface area contributed by atoms with Crippen LogP contribution in [0, 0.1) is 0 Å². The van der Waals surface area contributed by atoms with E-state index in [1.54, 1.807) is 11.3 Å². The van der Waals surface area contributed by atoms with E-state index >= 15 is 0 Å². The molecule has 1 aliphatic carbocycles. The van der Waals surface area contributed by atoms with Crippen LogP contribution in [0.2, 0.25) is 0 Å². The lowest BCUT2D eigenvalue weighted by Gasteiger charge is -2.29. The number of piperidine rings is 1. The van der Waals surface area contributed by atoms with Gasteiger partial charge in [0.25, 0.3) is 5.91 Å². The molecule has 3 rings (SSSR count). The molecule has 1 amide bonds. The van der Waals surface area contributed by atoms with Crippen LogP contribution in [-0.4, -0.2) is 29.9 Å². The highest BCUT2D eigenvalue weighted by Crippen LogP contribution is 2.29. The van der Waals surface area contributed by atoms with E-state index in [1.165, 1.54) is 36.1 Å². The minimum Gasteiger partial charge on any atom is -0.338 e. The van der Waals surface area contributed by atoms with Crippen LogP contribution in [0.25, 0.3) is 0 Å². The van der Waals surface area contributed by atoms with Crippen LogP contribution in [0.15, 0.2) is 6.07 Å². The van der Waals surface area contributed by atoms with Crippen molar-refractivity contribution in [2.75, 3.05) is 13.1 Å². The van der Waals surface area contributed by atoms with Crippen molar-refractivity contribution in [3.05, 3.63) is 21.4 Å². The molecule has 0 radical (unpaired) electrons. The summed E-state index contributed by atoms with van der Waals surface area (Å²) in [6, 6.07) is 2.45. The lowest BCUT2D eigenvalue weighted by Crippen LogP contribution is -2.42. The molecule has 110 valence electrons. The largest absolute Gasteiger partial charge is 0.338 e. The molecule has 3 nitrogen and oxygen atoms in total. The van der Waals surface area contributed by atoms with E-state index in [1.807, 2.05) is 4.90 Å². The Kier molecular flexibility index (Phi) is 4.41. The van der Waals surface area contributed by atoms with E-state index in [9.17, 15) is 4.79 Å². The highest BCUT2D eigenvalue weighted by Gasteiger charge is 2.24. The molecule has 0 unspecified atom stereocenters. The summed E-state index contributed by atoms with van der Waals surface area (Å²) in [6.45, 7) is 1.64. The zero-order chi connectivity index (χ0) is 13.9. The zero-order valence-corrected chi connectivity index (χ0v) is 12.9. The SMILES string of the molecule is NC1CCN(C(=O)c2cc3c(s2)CCCCCC3)CC1. The Hall–Kier alpha value is -0.870. The van der Waals surface area contributed by atoms with Crippen LogP contribution in [0.1, 0.15) is 58.6 Å². The van der Waals surface area contributed by atoms with Crippen molar-refractivity contribution < 1.29 is 4.79 Å². The fourth-order valence-electron chi connectivity index (χ4n) is 3.21. The number of hydrogen-bond donors (Lipinski definition) is 1. The maximum absolute atomic E-state index is 12.6. The number of likely N-dealkylation sites (tertiary alicyclic amines) is 1. The molecule has 0 spiro atoms. The third kappa shape index (κ3) is 3.07. The predicted molar refractivity (Wildman–Crippen MR) is 83.3 cm³/mol. The van der Waals surface area contributed by atoms with E-state index in [4.69, 9.17) is 5.73 Å². The van der Waals surface area contributed by atoms with Gasteiger partial charge in [-0.1, -0.05) is 12.8 Å². The highest BCUT2D eigenvalue weighted by molar-refractivity contribution is 7.14. The zero-order valence-electron chi connectivity index (χ0n) is 12.1. The Bertz CT molecular complexity index is 449. The molecule has 1 aromatic rings. The fraction of sp³-hybridized carbons (Fsp3) is 0.688. The molecular formula is C16H24N2OS. The van der Waals surface area contributed by atoms with E-state index < -0.39 is 0 Å². The number of nitrogens with two attached hydrogens (primary N) is 1. The minimum atomic E-state index is 0.230. The van der Waals surface area contributed by atoms with Gasteiger partial charge in [0.1, 0.15) is 0 Å². The average Bonchev–Trinajstić information content (AvgIpc) is 2.81. The van der Waals surface area contributed by atoms with Crippen LogP contribution in [0.4, 0.5) is 0 Å². The first-order valence-corrected chi connectivity index (χ1v) is 8.72. The fourth-order valence-corrected chi connectivity index (χ4v) is 4.43. The normalized spacial score (nSPS) is 21.1. The predicted octanol–water partition coefficient (Wildman–Crippen LogP) is 2.97. The van der Waals surface area contributed by atoms with E-state index in [0.717, 1.165) is 43.6 Å². The molecule has 4 heteroatoms. The number of fused-ring (bicyclic) bond motifs is 1. The number of rotatable bonds is 1. The van der Waals surface area contributed by atoms with E-state index in [2.05, 4.69) is 6.07 Å². The summed E-state index contributed by atoms with van der Waals surface area (Å²) in [5.41, 5.74) is 7.35. The molecule has 2 heterocycles. The molecule has 0 bridgehead atoms. The summed E-state index contributed by atoms with van der Waals surface area (Å²) in [5.74, 6) is 0.230. The summed E-state index contributed by atoms with van der Waals surface area (Å²) < 4.78 is 0. The first kappa shape index (κ1) is 14.1. The topological polar surface area (TPSA) is 46.3 Å². The molecule has 2 N–H and O–H groups in total. The Morgan fingerprint density at radius 3 is 2.60 bits per heavy atom. The first-order chi connectivity index (χ1) is 9.74. The summed E-state index contributed by atoms with van der Waals surface area (Å²) in [5, 5.41) is 0. The molecule has 1 aromatic heterocycles. The molecular weight excluding hydrogens is 268 g/mol. The van der Waals surface area contributed by atoms with Crippen molar-refractivity contribution in [2.45, 2.75) is 57.4 Å². The maximum atomic E-state index is 12.6. The lowest BCUT2D eigenvalue weighted by atomic mass is 9.99. The summed E-state index contributed by atoms with van der Waals surface area (Å²) in [6.07, 6.45) is 9.43. The number of carbonyl (C=O) groups is 1. The molecule has 0 aromatic carbocycles. The van der Waals surface area contributed by atoms with Gasteiger partial charge < -0.3 is 10.6 Å². The van der Waals surface area contributed by atoms with Gasteiger partial charge in [-0.15, -0.1) is 11.3 Å². The van der Waals surface area contributed by atoms with Gasteiger partial charge in [0.15, 0.2) is 0 Å². The second kappa shape index (κ2) is 6.27. The van der Waals surface area contributed by atoms with Gasteiger partial charge >= 0.3 is 0 Å². The van der Waals surface area contributed by atoms with Gasteiger partial charge in [-0.2, -0.15) is 0 Å². The van der Waals surface area contributed by atoms with Crippen molar-refractivity contribution in [1.29, 1.82) is 0 Å². The maximum Gasteiger partial charge on any atom is 0.263 e. The summed E-state index contributed by atoms with van der Waals surface area (Å²) >= 11 is 1.74. The number of aryl methyl sites for hydroxylation is 2. The minimum absolute atomic E-state index is 0.230. The second-order valence-electron chi connectivity index (χ2n) is 6.10.